The minimum Gasteiger partial charge on any atom is -0.477 e. The molecule has 0 amide bonds. The Labute approximate surface area is 201 Å². The molecule has 1 aliphatic heterocycles. The van der Waals surface area contributed by atoms with Gasteiger partial charge in [0.25, 0.3) is 0 Å². The van der Waals surface area contributed by atoms with Gasteiger partial charge >= 0.3 is 5.97 Å². The van der Waals surface area contributed by atoms with Crippen LogP contribution >= 0.6 is 11.3 Å². The number of nitrogens with one attached hydrogen (secondary N) is 1. The summed E-state index contributed by atoms with van der Waals surface area (Å²) in [5, 5.41) is 22.6. The van der Waals surface area contributed by atoms with Gasteiger partial charge in [-0.1, -0.05) is 23.5 Å². The van der Waals surface area contributed by atoms with Crippen molar-refractivity contribution in [2.75, 3.05) is 29.6 Å². The second-order valence-electron chi connectivity index (χ2n) is 8.22. The maximum absolute atomic E-state index is 11.7. The Balaban J connectivity index is 1.64. The van der Waals surface area contributed by atoms with Crippen LogP contribution in [0.2, 0.25) is 0 Å². The number of benzene rings is 1. The van der Waals surface area contributed by atoms with Crippen LogP contribution in [-0.4, -0.2) is 65.0 Å². The molecule has 0 aliphatic carbocycles. The Morgan fingerprint density at radius 2 is 1.85 bits per heavy atom. The average molecular weight is 504 g/mol. The van der Waals surface area contributed by atoms with Crippen LogP contribution in [0.15, 0.2) is 35.2 Å². The van der Waals surface area contributed by atoms with E-state index in [1.165, 1.54) is 6.26 Å². The van der Waals surface area contributed by atoms with Gasteiger partial charge in [-0.2, -0.15) is 4.98 Å². The predicted octanol–water partition coefficient (Wildman–Crippen LogP) is 2.64. The highest BCUT2D eigenvalue weighted by Crippen LogP contribution is 2.27. The highest BCUT2D eigenvalue weighted by molar-refractivity contribution is 7.90. The third-order valence-corrected chi connectivity index (χ3v) is 7.69. The van der Waals surface area contributed by atoms with Crippen LogP contribution in [0.5, 0.6) is 0 Å². The number of hydrogen-bond acceptors (Lipinski definition) is 10. The van der Waals surface area contributed by atoms with E-state index >= 15 is 0 Å². The zero-order valence-corrected chi connectivity index (χ0v) is 20.4. The van der Waals surface area contributed by atoms with Crippen LogP contribution in [0.4, 0.5) is 16.9 Å². The van der Waals surface area contributed by atoms with Gasteiger partial charge in [0.15, 0.2) is 15.0 Å². The number of thiazole rings is 1. The van der Waals surface area contributed by atoms with E-state index in [1.54, 1.807) is 31.2 Å². The van der Waals surface area contributed by atoms with Crippen molar-refractivity contribution in [3.05, 3.63) is 52.2 Å². The van der Waals surface area contributed by atoms with E-state index in [0.29, 0.717) is 54.7 Å². The fourth-order valence-electron chi connectivity index (χ4n) is 3.69. The third kappa shape index (κ3) is 5.69. The number of aromatic carboxylic acids is 1. The van der Waals surface area contributed by atoms with E-state index in [2.05, 4.69) is 25.2 Å². The van der Waals surface area contributed by atoms with Crippen LogP contribution in [0.25, 0.3) is 0 Å². The number of piperidine rings is 1. The number of carbonyl (C=O) groups is 1. The molecule has 0 unspecified atom stereocenters. The molecule has 0 saturated carbocycles. The first kappa shape index (κ1) is 24.0. The molecule has 12 heteroatoms. The normalized spacial score (nSPS) is 14.9. The molecule has 180 valence electrons. The highest BCUT2D eigenvalue weighted by Gasteiger charge is 2.21. The largest absolute Gasteiger partial charge is 0.477 e. The SMILES string of the molecule is Cc1nc(Nc2nc(Cc3ccc(S(C)(=O)=O)cc3)cc(N3CCC(O)CC3)n2)sc1C(=O)O. The molecule has 3 N–H and O–H groups in total. The summed E-state index contributed by atoms with van der Waals surface area (Å²) in [6.45, 7) is 2.94. The number of anilines is 3. The second kappa shape index (κ2) is 9.65. The maximum Gasteiger partial charge on any atom is 0.347 e. The molecule has 34 heavy (non-hydrogen) atoms. The zero-order chi connectivity index (χ0) is 24.5. The lowest BCUT2D eigenvalue weighted by atomic mass is 10.1. The minimum atomic E-state index is -3.28. The summed E-state index contributed by atoms with van der Waals surface area (Å²) in [4.78, 5) is 27.3. The molecule has 0 atom stereocenters. The van der Waals surface area contributed by atoms with Crippen LogP contribution in [0.3, 0.4) is 0 Å². The van der Waals surface area contributed by atoms with E-state index in [-0.39, 0.29) is 21.8 Å². The van der Waals surface area contributed by atoms with Crippen molar-refractivity contribution >= 4 is 44.0 Å². The Morgan fingerprint density at radius 3 is 2.44 bits per heavy atom. The summed E-state index contributed by atoms with van der Waals surface area (Å²) in [5.74, 6) is -0.0567. The van der Waals surface area contributed by atoms with Crippen molar-refractivity contribution in [2.24, 2.45) is 0 Å². The number of hydrogen-bond donors (Lipinski definition) is 3. The molecule has 0 spiro atoms. The number of aliphatic hydroxyl groups is 1. The molecular formula is C22H25N5O5S2. The zero-order valence-electron chi connectivity index (χ0n) is 18.7. The van der Waals surface area contributed by atoms with Crippen LogP contribution in [0.1, 0.15) is 39.5 Å². The molecule has 1 fully saturated rings. The van der Waals surface area contributed by atoms with Gasteiger partial charge in [-0.05, 0) is 37.5 Å². The van der Waals surface area contributed by atoms with Gasteiger partial charge in [-0.15, -0.1) is 0 Å². The number of aromatic nitrogens is 3. The third-order valence-electron chi connectivity index (χ3n) is 5.50. The molecule has 1 saturated heterocycles. The molecule has 1 aliphatic rings. The van der Waals surface area contributed by atoms with Crippen molar-refractivity contribution in [2.45, 2.75) is 37.2 Å². The Bertz CT molecular complexity index is 1300. The van der Waals surface area contributed by atoms with Gasteiger partial charge in [0.05, 0.1) is 22.4 Å². The Kier molecular flexibility index (Phi) is 6.82. The molecule has 2 aromatic heterocycles. The van der Waals surface area contributed by atoms with E-state index in [9.17, 15) is 23.4 Å². The number of aliphatic hydroxyl groups excluding tert-OH is 1. The summed E-state index contributed by atoms with van der Waals surface area (Å²) in [6, 6.07) is 8.54. The monoisotopic (exact) mass is 503 g/mol. The lowest BCUT2D eigenvalue weighted by Gasteiger charge is -2.30. The van der Waals surface area contributed by atoms with Crippen LogP contribution in [-0.2, 0) is 16.3 Å². The molecule has 10 nitrogen and oxygen atoms in total. The number of aryl methyl sites for hydroxylation is 1. The topological polar surface area (TPSA) is 146 Å². The smallest absolute Gasteiger partial charge is 0.347 e. The van der Waals surface area contributed by atoms with Crippen LogP contribution in [0, 0.1) is 6.92 Å². The van der Waals surface area contributed by atoms with Crippen molar-refractivity contribution in [3.63, 3.8) is 0 Å². The van der Waals surface area contributed by atoms with Gasteiger partial charge in [0, 0.05) is 31.8 Å². The van der Waals surface area contributed by atoms with Crippen molar-refractivity contribution in [3.8, 4) is 0 Å². The summed E-state index contributed by atoms with van der Waals surface area (Å²) in [6.07, 6.45) is 2.58. The maximum atomic E-state index is 11.7. The summed E-state index contributed by atoms with van der Waals surface area (Å²) < 4.78 is 23.5. The van der Waals surface area contributed by atoms with Gasteiger partial charge in [0.2, 0.25) is 5.95 Å². The lowest BCUT2D eigenvalue weighted by Crippen LogP contribution is -2.36. The first-order chi connectivity index (χ1) is 16.1. The predicted molar refractivity (Wildman–Crippen MR) is 129 cm³/mol. The molecule has 0 radical (unpaired) electrons. The standard InChI is InChI=1S/C22H25N5O5S2/c1-13-19(20(29)30)33-22(23-13)26-21-24-15(11-14-3-5-17(6-4-14)34(2,31)32)12-18(25-21)27-9-7-16(28)8-10-27/h3-6,12,16,28H,7-11H2,1-2H3,(H,29,30)(H,23,24,25,26). The molecule has 4 rings (SSSR count). The Hall–Kier alpha value is -3.09. The van der Waals surface area contributed by atoms with Gasteiger partial charge in [0.1, 0.15) is 10.7 Å². The first-order valence-corrected chi connectivity index (χ1v) is 13.4. The second-order valence-corrected chi connectivity index (χ2v) is 11.2. The van der Waals surface area contributed by atoms with Crippen molar-refractivity contribution < 1.29 is 23.4 Å². The number of sulfone groups is 1. The van der Waals surface area contributed by atoms with Crippen molar-refractivity contribution in [1.82, 2.24) is 15.0 Å². The molecule has 3 aromatic rings. The molecule has 1 aromatic carbocycles. The lowest BCUT2D eigenvalue weighted by molar-refractivity contribution is 0.0701. The minimum absolute atomic E-state index is 0.148. The molecule has 0 bridgehead atoms. The summed E-state index contributed by atoms with van der Waals surface area (Å²) in [5.41, 5.74) is 2.00. The van der Waals surface area contributed by atoms with Crippen LogP contribution < -0.4 is 10.2 Å². The van der Waals surface area contributed by atoms with E-state index in [0.717, 1.165) is 16.9 Å². The number of rotatable bonds is 7. The van der Waals surface area contributed by atoms with Crippen molar-refractivity contribution in [1.29, 1.82) is 0 Å². The summed E-state index contributed by atoms with van der Waals surface area (Å²) in [7, 11) is -3.28. The molecular weight excluding hydrogens is 478 g/mol. The van der Waals surface area contributed by atoms with E-state index in [1.807, 2.05) is 6.07 Å². The van der Waals surface area contributed by atoms with Gasteiger partial charge in [-0.3, -0.25) is 5.32 Å². The fourth-order valence-corrected chi connectivity index (χ4v) is 5.12. The molecule has 3 heterocycles. The van der Waals surface area contributed by atoms with Gasteiger partial charge in [-0.25, -0.2) is 23.2 Å². The number of carboxylic acids is 1. The number of nitrogens with zero attached hydrogens (tertiary/aromatic N) is 4. The summed E-state index contributed by atoms with van der Waals surface area (Å²) >= 11 is 1.01. The highest BCUT2D eigenvalue weighted by atomic mass is 32.2. The fraction of sp³-hybridized carbons (Fsp3) is 0.364. The Morgan fingerprint density at radius 1 is 1.18 bits per heavy atom. The number of carboxylic acid groups (broad SMARTS) is 1. The van der Waals surface area contributed by atoms with Gasteiger partial charge < -0.3 is 15.1 Å². The average Bonchev–Trinajstić information content (AvgIpc) is 3.14. The first-order valence-electron chi connectivity index (χ1n) is 10.7. The van der Waals surface area contributed by atoms with E-state index in [4.69, 9.17) is 0 Å². The van der Waals surface area contributed by atoms with E-state index < -0.39 is 15.8 Å². The quantitative estimate of drug-likeness (QED) is 0.440.